The van der Waals surface area contributed by atoms with Gasteiger partial charge in [-0.3, -0.25) is 0 Å². The highest BCUT2D eigenvalue weighted by Crippen LogP contribution is 2.08. The van der Waals surface area contributed by atoms with Crippen LogP contribution in [0.1, 0.15) is 31.7 Å². The maximum atomic E-state index is 5.37. The highest BCUT2D eigenvalue weighted by Gasteiger charge is 2.05. The van der Waals surface area contributed by atoms with Crippen molar-refractivity contribution in [2.45, 2.75) is 39.3 Å². The number of nitrogens with zero attached hydrogens (tertiary/aromatic N) is 3. The molecule has 0 bridgehead atoms. The molecule has 2 N–H and O–H groups in total. The molecule has 6 nitrogen and oxygen atoms in total. The van der Waals surface area contributed by atoms with Crippen LogP contribution in [0.2, 0.25) is 0 Å². The van der Waals surface area contributed by atoms with Gasteiger partial charge in [0, 0.05) is 33.1 Å². The summed E-state index contributed by atoms with van der Waals surface area (Å²) in [6, 6.07) is 10.3. The average Bonchev–Trinajstić information content (AvgIpc) is 3.13. The molecule has 0 radical (unpaired) electrons. The molecule has 0 aliphatic carbocycles. The molecule has 0 aromatic carbocycles. The predicted octanol–water partition coefficient (Wildman–Crippen LogP) is 2.82. The lowest BCUT2D eigenvalue weighted by molar-refractivity contribution is 0.506. The van der Waals surface area contributed by atoms with E-state index in [0.717, 1.165) is 42.6 Å². The third kappa shape index (κ3) is 6.49. The summed E-state index contributed by atoms with van der Waals surface area (Å²) in [5.41, 5.74) is 0.947. The minimum absolute atomic E-state index is 0.357. The highest BCUT2D eigenvalue weighted by atomic mass is 16.3. The summed E-state index contributed by atoms with van der Waals surface area (Å²) in [4.78, 5) is 11.3. The van der Waals surface area contributed by atoms with E-state index in [2.05, 4.69) is 34.5 Å². The first-order valence-electron chi connectivity index (χ1n) is 8.79. The van der Waals surface area contributed by atoms with Gasteiger partial charge in [0.05, 0.1) is 18.5 Å². The second-order valence-electron chi connectivity index (χ2n) is 6.26. The van der Waals surface area contributed by atoms with Gasteiger partial charge in [0.15, 0.2) is 5.96 Å². The van der Waals surface area contributed by atoms with Crippen molar-refractivity contribution in [1.82, 2.24) is 15.6 Å². The molecule has 0 saturated heterocycles. The Bertz CT molecular complexity index is 652. The minimum atomic E-state index is 0.357. The summed E-state index contributed by atoms with van der Waals surface area (Å²) >= 11 is 0. The van der Waals surface area contributed by atoms with Crippen LogP contribution in [-0.2, 0) is 13.0 Å². The van der Waals surface area contributed by atoms with E-state index in [1.54, 1.807) is 6.26 Å². The molecule has 1 atom stereocenters. The van der Waals surface area contributed by atoms with Crippen molar-refractivity contribution in [3.05, 3.63) is 48.0 Å². The lowest BCUT2D eigenvalue weighted by Crippen LogP contribution is -2.42. The molecule has 2 aromatic heterocycles. The molecule has 1 unspecified atom stereocenters. The first-order chi connectivity index (χ1) is 12.1. The Kier molecular flexibility index (Phi) is 7.32. The monoisotopic (exact) mass is 343 g/mol. The highest BCUT2D eigenvalue weighted by molar-refractivity contribution is 5.80. The van der Waals surface area contributed by atoms with Crippen molar-refractivity contribution in [2.75, 3.05) is 25.5 Å². The molecular formula is C19H29N5O. The summed E-state index contributed by atoms with van der Waals surface area (Å²) in [7, 11) is 3.98. The fraction of sp³-hybridized carbons (Fsp3) is 0.474. The number of hydrogen-bond acceptors (Lipinski definition) is 4. The number of pyridine rings is 1. The van der Waals surface area contributed by atoms with Gasteiger partial charge in [0.2, 0.25) is 0 Å². The molecule has 0 fully saturated rings. The SMILES string of the molecule is CCC(C)NC(=NCc1cccc(N(C)C)n1)NCCc1ccco1. The van der Waals surface area contributed by atoms with Crippen LogP contribution in [0.25, 0.3) is 0 Å². The summed E-state index contributed by atoms with van der Waals surface area (Å²) in [5.74, 6) is 2.71. The number of hydrogen-bond donors (Lipinski definition) is 2. The van der Waals surface area contributed by atoms with Crippen molar-refractivity contribution in [2.24, 2.45) is 4.99 Å². The van der Waals surface area contributed by atoms with Crippen LogP contribution in [0.15, 0.2) is 46.0 Å². The van der Waals surface area contributed by atoms with E-state index in [4.69, 9.17) is 4.42 Å². The van der Waals surface area contributed by atoms with Crippen molar-refractivity contribution < 1.29 is 4.42 Å². The Balaban J connectivity index is 1.97. The molecule has 0 aliphatic rings. The quantitative estimate of drug-likeness (QED) is 0.570. The van der Waals surface area contributed by atoms with Crippen molar-refractivity contribution in [1.29, 1.82) is 0 Å². The van der Waals surface area contributed by atoms with Crippen molar-refractivity contribution >= 4 is 11.8 Å². The summed E-state index contributed by atoms with van der Waals surface area (Å²) in [6.07, 6.45) is 3.56. The molecule has 0 spiro atoms. The third-order valence-corrected chi connectivity index (χ3v) is 3.89. The van der Waals surface area contributed by atoms with Crippen LogP contribution < -0.4 is 15.5 Å². The number of anilines is 1. The van der Waals surface area contributed by atoms with Crippen LogP contribution in [-0.4, -0.2) is 37.6 Å². The Hall–Kier alpha value is -2.50. The summed E-state index contributed by atoms with van der Waals surface area (Å²) in [5, 5.41) is 6.80. The fourth-order valence-corrected chi connectivity index (χ4v) is 2.21. The molecule has 2 aromatic rings. The number of nitrogens with one attached hydrogen (secondary N) is 2. The van der Waals surface area contributed by atoms with E-state index >= 15 is 0 Å². The summed E-state index contributed by atoms with van der Waals surface area (Å²) < 4.78 is 5.37. The average molecular weight is 343 g/mol. The second kappa shape index (κ2) is 9.71. The molecule has 25 heavy (non-hydrogen) atoms. The lowest BCUT2D eigenvalue weighted by atomic mass is 10.3. The van der Waals surface area contributed by atoms with Gasteiger partial charge in [-0.25, -0.2) is 9.98 Å². The zero-order valence-corrected chi connectivity index (χ0v) is 15.6. The van der Waals surface area contributed by atoms with Crippen LogP contribution in [0.5, 0.6) is 0 Å². The zero-order chi connectivity index (χ0) is 18.1. The van der Waals surface area contributed by atoms with Gasteiger partial charge in [-0.2, -0.15) is 0 Å². The van der Waals surface area contributed by atoms with E-state index in [1.165, 1.54) is 0 Å². The predicted molar refractivity (Wildman–Crippen MR) is 103 cm³/mol. The first-order valence-corrected chi connectivity index (χ1v) is 8.79. The van der Waals surface area contributed by atoms with E-state index in [-0.39, 0.29) is 0 Å². The molecule has 0 aliphatic heterocycles. The molecule has 2 rings (SSSR count). The number of rotatable bonds is 8. The van der Waals surface area contributed by atoms with E-state index in [9.17, 15) is 0 Å². The van der Waals surface area contributed by atoms with Gasteiger partial charge >= 0.3 is 0 Å². The molecule has 2 heterocycles. The van der Waals surface area contributed by atoms with E-state index < -0.39 is 0 Å². The smallest absolute Gasteiger partial charge is 0.191 e. The van der Waals surface area contributed by atoms with Crippen LogP contribution in [0.3, 0.4) is 0 Å². The molecule has 0 saturated carbocycles. The Morgan fingerprint density at radius 2 is 2.12 bits per heavy atom. The molecule has 136 valence electrons. The number of furan rings is 1. The zero-order valence-electron chi connectivity index (χ0n) is 15.6. The largest absolute Gasteiger partial charge is 0.469 e. The number of aliphatic imine (C=N–C) groups is 1. The molecule has 6 heteroatoms. The van der Waals surface area contributed by atoms with Gasteiger partial charge in [-0.1, -0.05) is 13.0 Å². The molecular weight excluding hydrogens is 314 g/mol. The minimum Gasteiger partial charge on any atom is -0.469 e. The fourth-order valence-electron chi connectivity index (χ4n) is 2.21. The van der Waals surface area contributed by atoms with Crippen molar-refractivity contribution in [3.8, 4) is 0 Å². The van der Waals surface area contributed by atoms with Gasteiger partial charge < -0.3 is 20.0 Å². The third-order valence-electron chi connectivity index (χ3n) is 3.89. The topological polar surface area (TPSA) is 65.7 Å². The summed E-state index contributed by atoms with van der Waals surface area (Å²) in [6.45, 7) is 5.60. The standard InChI is InChI=1S/C19H29N5O/c1-5-15(2)22-19(20-12-11-17-9-7-13-25-17)21-14-16-8-6-10-18(23-16)24(3)4/h6-10,13,15H,5,11-12,14H2,1-4H3,(H2,20,21,22). The van der Waals surface area contributed by atoms with Crippen LogP contribution in [0, 0.1) is 0 Å². The number of aromatic nitrogens is 1. The Morgan fingerprint density at radius 3 is 2.80 bits per heavy atom. The van der Waals surface area contributed by atoms with Crippen LogP contribution >= 0.6 is 0 Å². The maximum absolute atomic E-state index is 5.37. The Labute approximate surface area is 150 Å². The van der Waals surface area contributed by atoms with E-state index in [0.29, 0.717) is 12.6 Å². The van der Waals surface area contributed by atoms with Gasteiger partial charge in [-0.05, 0) is 37.6 Å². The van der Waals surface area contributed by atoms with Gasteiger partial charge in [0.1, 0.15) is 11.6 Å². The van der Waals surface area contributed by atoms with Crippen LogP contribution in [0.4, 0.5) is 5.82 Å². The first kappa shape index (κ1) is 18.8. The molecule has 0 amide bonds. The lowest BCUT2D eigenvalue weighted by Gasteiger charge is -2.17. The normalized spacial score (nSPS) is 12.7. The number of guanidine groups is 1. The van der Waals surface area contributed by atoms with Crippen molar-refractivity contribution in [3.63, 3.8) is 0 Å². The maximum Gasteiger partial charge on any atom is 0.191 e. The van der Waals surface area contributed by atoms with Gasteiger partial charge in [-0.15, -0.1) is 0 Å². The van der Waals surface area contributed by atoms with E-state index in [1.807, 2.05) is 49.3 Å². The van der Waals surface area contributed by atoms with Gasteiger partial charge in [0.25, 0.3) is 0 Å². The second-order valence-corrected chi connectivity index (χ2v) is 6.26. The Morgan fingerprint density at radius 1 is 1.28 bits per heavy atom.